The molecule has 1 fully saturated rings. The van der Waals surface area contributed by atoms with Crippen molar-refractivity contribution in [2.24, 2.45) is 11.1 Å². The van der Waals surface area contributed by atoms with Gasteiger partial charge in [-0.2, -0.15) is 0 Å². The molecule has 122 valence electrons. The summed E-state index contributed by atoms with van der Waals surface area (Å²) in [7, 11) is 0. The van der Waals surface area contributed by atoms with Gasteiger partial charge in [0, 0.05) is 17.4 Å². The Hall–Kier alpha value is -0.930. The number of hydrogen-bond donors (Lipinski definition) is 1. The molecule has 22 heavy (non-hydrogen) atoms. The van der Waals surface area contributed by atoms with Gasteiger partial charge in [-0.1, -0.05) is 44.7 Å². The molecular formula is C18H26ClNO2. The monoisotopic (exact) mass is 323 g/mol. The average Bonchev–Trinajstić information content (AvgIpc) is 2.67. The molecule has 0 amide bonds. The van der Waals surface area contributed by atoms with Crippen LogP contribution in [-0.2, 0) is 5.41 Å². The molecule has 0 radical (unpaired) electrons. The highest BCUT2D eigenvalue weighted by molar-refractivity contribution is 6.32. The van der Waals surface area contributed by atoms with E-state index in [0.29, 0.717) is 30.5 Å². The van der Waals surface area contributed by atoms with Gasteiger partial charge >= 0.3 is 0 Å². The first-order chi connectivity index (χ1) is 10.5. The Morgan fingerprint density at radius 3 is 2.45 bits per heavy atom. The summed E-state index contributed by atoms with van der Waals surface area (Å²) < 4.78 is 11.9. The molecule has 3 rings (SSSR count). The van der Waals surface area contributed by atoms with Gasteiger partial charge in [-0.15, -0.1) is 0 Å². The zero-order valence-electron chi connectivity index (χ0n) is 13.6. The van der Waals surface area contributed by atoms with Gasteiger partial charge in [-0.25, -0.2) is 0 Å². The first kappa shape index (κ1) is 15.9. The molecule has 0 spiro atoms. The number of benzene rings is 1. The average molecular weight is 324 g/mol. The van der Waals surface area contributed by atoms with Crippen LogP contribution < -0.4 is 15.2 Å². The molecule has 2 aliphatic rings. The summed E-state index contributed by atoms with van der Waals surface area (Å²) in [4.78, 5) is 0. The molecule has 1 aliphatic carbocycles. The fourth-order valence-corrected chi connectivity index (χ4v) is 3.81. The van der Waals surface area contributed by atoms with Crippen LogP contribution in [0.2, 0.25) is 5.02 Å². The highest BCUT2D eigenvalue weighted by Crippen LogP contribution is 2.46. The van der Waals surface area contributed by atoms with E-state index in [0.717, 1.165) is 18.6 Å². The van der Waals surface area contributed by atoms with E-state index in [4.69, 9.17) is 26.8 Å². The fourth-order valence-electron chi connectivity index (χ4n) is 3.54. The Kier molecular flexibility index (Phi) is 4.30. The summed E-state index contributed by atoms with van der Waals surface area (Å²) in [6.45, 7) is 6.18. The smallest absolute Gasteiger partial charge is 0.179 e. The van der Waals surface area contributed by atoms with Crippen molar-refractivity contribution in [1.29, 1.82) is 0 Å². The third-order valence-corrected chi connectivity index (χ3v) is 5.33. The molecule has 1 aromatic carbocycles. The van der Waals surface area contributed by atoms with Gasteiger partial charge in [0.2, 0.25) is 0 Å². The first-order valence-electron chi connectivity index (χ1n) is 8.26. The van der Waals surface area contributed by atoms with E-state index in [9.17, 15) is 0 Å². The number of hydrogen-bond acceptors (Lipinski definition) is 3. The molecule has 0 saturated heterocycles. The standard InChI is InChI=1S/C18H26ClNO2/c1-17(2)11-21-15-9-13(8-14(19)16(15)22-12-17)18(10-20)6-4-3-5-7-18/h8-9H,3-7,10-12,20H2,1-2H3. The minimum atomic E-state index is -0.0150. The highest BCUT2D eigenvalue weighted by atomic mass is 35.5. The summed E-state index contributed by atoms with van der Waals surface area (Å²) >= 11 is 6.51. The lowest BCUT2D eigenvalue weighted by Gasteiger charge is -2.37. The molecule has 0 bridgehead atoms. The fraction of sp³-hybridized carbons (Fsp3) is 0.667. The van der Waals surface area contributed by atoms with Crippen LogP contribution in [0.1, 0.15) is 51.5 Å². The second kappa shape index (κ2) is 5.93. The van der Waals surface area contributed by atoms with Crippen molar-refractivity contribution < 1.29 is 9.47 Å². The molecule has 0 atom stereocenters. The van der Waals surface area contributed by atoms with Crippen LogP contribution in [0.3, 0.4) is 0 Å². The zero-order valence-corrected chi connectivity index (χ0v) is 14.3. The molecule has 0 unspecified atom stereocenters. The summed E-state index contributed by atoms with van der Waals surface area (Å²) in [6.07, 6.45) is 6.02. The molecule has 3 nitrogen and oxygen atoms in total. The maximum Gasteiger partial charge on any atom is 0.179 e. The van der Waals surface area contributed by atoms with Crippen LogP contribution in [0.15, 0.2) is 12.1 Å². The molecule has 1 saturated carbocycles. The number of fused-ring (bicyclic) bond motifs is 1. The Morgan fingerprint density at radius 2 is 1.77 bits per heavy atom. The Bertz CT molecular complexity index is 550. The van der Waals surface area contributed by atoms with E-state index in [1.54, 1.807) is 0 Å². The molecule has 1 heterocycles. The van der Waals surface area contributed by atoms with Crippen molar-refractivity contribution >= 4 is 11.6 Å². The summed E-state index contributed by atoms with van der Waals surface area (Å²) in [6, 6.07) is 4.15. The van der Waals surface area contributed by atoms with E-state index in [1.807, 2.05) is 6.07 Å². The number of nitrogens with two attached hydrogens (primary N) is 1. The third kappa shape index (κ3) is 2.93. The first-order valence-corrected chi connectivity index (χ1v) is 8.63. The quantitative estimate of drug-likeness (QED) is 0.882. The molecule has 1 aromatic rings. The van der Waals surface area contributed by atoms with Gasteiger partial charge in [-0.05, 0) is 30.5 Å². The van der Waals surface area contributed by atoms with Crippen molar-refractivity contribution in [2.45, 2.75) is 51.4 Å². The van der Waals surface area contributed by atoms with Gasteiger partial charge in [0.25, 0.3) is 0 Å². The highest BCUT2D eigenvalue weighted by Gasteiger charge is 2.35. The summed E-state index contributed by atoms with van der Waals surface area (Å²) in [5, 5.41) is 0.642. The van der Waals surface area contributed by atoms with E-state index < -0.39 is 0 Å². The maximum absolute atomic E-state index is 6.51. The van der Waals surface area contributed by atoms with Crippen molar-refractivity contribution in [1.82, 2.24) is 0 Å². The van der Waals surface area contributed by atoms with E-state index in [1.165, 1.54) is 24.8 Å². The molecule has 4 heteroatoms. The van der Waals surface area contributed by atoms with Crippen LogP contribution in [0.4, 0.5) is 0 Å². The minimum absolute atomic E-state index is 0.0150. The predicted octanol–water partition coefficient (Wildman–Crippen LogP) is 4.30. The minimum Gasteiger partial charge on any atom is -0.489 e. The normalized spacial score (nSPS) is 22.9. The lowest BCUT2D eigenvalue weighted by atomic mass is 9.69. The van der Waals surface area contributed by atoms with Gasteiger partial charge < -0.3 is 15.2 Å². The van der Waals surface area contributed by atoms with E-state index in [2.05, 4.69) is 19.9 Å². The van der Waals surface area contributed by atoms with Gasteiger partial charge in [-0.3, -0.25) is 0 Å². The lowest BCUT2D eigenvalue weighted by molar-refractivity contribution is 0.140. The SMILES string of the molecule is CC1(C)COc2cc(C3(CN)CCCCC3)cc(Cl)c2OC1. The van der Waals surface area contributed by atoms with Crippen LogP contribution in [0, 0.1) is 5.41 Å². The predicted molar refractivity (Wildman–Crippen MR) is 90.0 cm³/mol. The van der Waals surface area contributed by atoms with Crippen LogP contribution in [-0.4, -0.2) is 19.8 Å². The van der Waals surface area contributed by atoms with Crippen LogP contribution in [0.5, 0.6) is 11.5 Å². The van der Waals surface area contributed by atoms with E-state index in [-0.39, 0.29) is 10.8 Å². The number of halogens is 1. The molecule has 1 aliphatic heterocycles. The number of ether oxygens (including phenoxy) is 2. The van der Waals surface area contributed by atoms with Crippen molar-refractivity contribution in [3.8, 4) is 11.5 Å². The van der Waals surface area contributed by atoms with Crippen molar-refractivity contribution in [3.63, 3.8) is 0 Å². The second-order valence-corrected chi connectivity index (χ2v) is 7.98. The summed E-state index contributed by atoms with van der Waals surface area (Å²) in [5.74, 6) is 1.45. The second-order valence-electron chi connectivity index (χ2n) is 7.57. The van der Waals surface area contributed by atoms with Gasteiger partial charge in [0.1, 0.15) is 0 Å². The molecular weight excluding hydrogens is 298 g/mol. The van der Waals surface area contributed by atoms with Crippen LogP contribution >= 0.6 is 11.6 Å². The van der Waals surface area contributed by atoms with E-state index >= 15 is 0 Å². The topological polar surface area (TPSA) is 44.5 Å². The number of rotatable bonds is 2. The van der Waals surface area contributed by atoms with Crippen molar-refractivity contribution in [2.75, 3.05) is 19.8 Å². The third-order valence-electron chi connectivity index (χ3n) is 5.05. The zero-order chi connectivity index (χ0) is 15.8. The lowest BCUT2D eigenvalue weighted by Crippen LogP contribution is -2.37. The Balaban J connectivity index is 1.98. The molecule has 0 aromatic heterocycles. The maximum atomic E-state index is 6.51. The van der Waals surface area contributed by atoms with Gasteiger partial charge in [0.05, 0.1) is 18.2 Å². The largest absolute Gasteiger partial charge is 0.489 e. The molecule has 2 N–H and O–H groups in total. The Morgan fingerprint density at radius 1 is 1.09 bits per heavy atom. The summed E-state index contributed by atoms with van der Waals surface area (Å²) in [5.41, 5.74) is 7.39. The van der Waals surface area contributed by atoms with Crippen molar-refractivity contribution in [3.05, 3.63) is 22.7 Å². The van der Waals surface area contributed by atoms with Gasteiger partial charge in [0.15, 0.2) is 11.5 Å². The Labute approximate surface area is 138 Å². The van der Waals surface area contributed by atoms with Crippen LogP contribution in [0.25, 0.3) is 0 Å².